The molecule has 0 aliphatic rings. The van der Waals surface area contributed by atoms with Crippen molar-refractivity contribution >= 4 is 22.6 Å². The van der Waals surface area contributed by atoms with Gasteiger partial charge in [-0.1, -0.05) is 30.3 Å². The summed E-state index contributed by atoms with van der Waals surface area (Å²) in [7, 11) is 1.89. The fraction of sp³-hybridized carbons (Fsp3) is 0.227. The maximum atomic E-state index is 12.7. The van der Waals surface area contributed by atoms with Crippen LogP contribution in [0.3, 0.4) is 0 Å². The highest BCUT2D eigenvalue weighted by Gasteiger charge is 2.19. The lowest BCUT2D eigenvalue weighted by Gasteiger charge is -2.23. The van der Waals surface area contributed by atoms with Crippen LogP contribution in [-0.2, 0) is 6.54 Å². The number of anilines is 1. The molecular formula is C22H21N3O3. The van der Waals surface area contributed by atoms with Crippen molar-refractivity contribution in [2.24, 2.45) is 0 Å². The first-order valence-electron chi connectivity index (χ1n) is 8.94. The molecule has 3 rings (SSSR count). The number of carboxylic acids is 1. The largest absolute Gasteiger partial charge is 0.477 e. The highest BCUT2D eigenvalue weighted by molar-refractivity contribution is 5.94. The van der Waals surface area contributed by atoms with E-state index in [1.807, 2.05) is 56.1 Å². The van der Waals surface area contributed by atoms with Crippen molar-refractivity contribution in [3.63, 3.8) is 0 Å². The lowest BCUT2D eigenvalue weighted by atomic mass is 10.0. The Labute approximate surface area is 162 Å². The minimum Gasteiger partial charge on any atom is -0.477 e. The number of carboxylic acid groups (broad SMARTS) is 1. The van der Waals surface area contributed by atoms with Gasteiger partial charge in [-0.05, 0) is 31.5 Å². The summed E-state index contributed by atoms with van der Waals surface area (Å²) in [6, 6.07) is 15.3. The van der Waals surface area contributed by atoms with Crippen LogP contribution in [0, 0.1) is 11.3 Å². The first-order valence-corrected chi connectivity index (χ1v) is 8.94. The van der Waals surface area contributed by atoms with Gasteiger partial charge in [-0.2, -0.15) is 5.26 Å². The molecule has 0 atom stereocenters. The summed E-state index contributed by atoms with van der Waals surface area (Å²) in [4.78, 5) is 26.1. The standard InChI is InChI=1S/C22H21N3O3/c1-14(2)25-13-18(22(27)28)21(26)17-9-16(11-23)19(10-20(17)25)24(3)12-15-7-5-4-6-8-15/h4-10,13-14H,12H2,1-3H3,(H,27,28). The van der Waals surface area contributed by atoms with Crippen LogP contribution in [0.4, 0.5) is 5.69 Å². The van der Waals surface area contributed by atoms with Gasteiger partial charge < -0.3 is 14.6 Å². The van der Waals surface area contributed by atoms with E-state index in [4.69, 9.17) is 0 Å². The molecule has 6 nitrogen and oxygen atoms in total. The third kappa shape index (κ3) is 3.47. The maximum absolute atomic E-state index is 12.7. The van der Waals surface area contributed by atoms with Crippen LogP contribution in [0.2, 0.25) is 0 Å². The zero-order chi connectivity index (χ0) is 20.4. The molecule has 0 spiro atoms. The summed E-state index contributed by atoms with van der Waals surface area (Å²) >= 11 is 0. The van der Waals surface area contributed by atoms with Crippen molar-refractivity contribution in [1.82, 2.24) is 4.57 Å². The van der Waals surface area contributed by atoms with Gasteiger partial charge in [0.1, 0.15) is 11.6 Å². The van der Waals surface area contributed by atoms with Crippen molar-refractivity contribution in [2.45, 2.75) is 26.4 Å². The minimum absolute atomic E-state index is 0.0542. The van der Waals surface area contributed by atoms with E-state index in [0.29, 0.717) is 23.3 Å². The summed E-state index contributed by atoms with van der Waals surface area (Å²) in [5.74, 6) is -1.27. The molecule has 1 aromatic heterocycles. The number of aromatic carboxylic acids is 1. The average molecular weight is 375 g/mol. The van der Waals surface area contributed by atoms with Crippen LogP contribution in [0.1, 0.15) is 41.4 Å². The first-order chi connectivity index (χ1) is 13.3. The molecule has 2 aromatic carbocycles. The summed E-state index contributed by atoms with van der Waals surface area (Å²) in [5, 5.41) is 19.3. The van der Waals surface area contributed by atoms with E-state index < -0.39 is 11.4 Å². The van der Waals surface area contributed by atoms with E-state index in [1.165, 1.54) is 12.3 Å². The Hall–Kier alpha value is -3.59. The lowest BCUT2D eigenvalue weighted by Crippen LogP contribution is -2.22. The molecule has 0 aliphatic heterocycles. The number of hydrogen-bond donors (Lipinski definition) is 1. The average Bonchev–Trinajstić information content (AvgIpc) is 2.67. The van der Waals surface area contributed by atoms with E-state index in [-0.39, 0.29) is 17.0 Å². The van der Waals surface area contributed by atoms with Crippen molar-refractivity contribution < 1.29 is 9.90 Å². The van der Waals surface area contributed by atoms with Gasteiger partial charge in [0.05, 0.1) is 16.8 Å². The number of aromatic nitrogens is 1. The maximum Gasteiger partial charge on any atom is 0.341 e. The second kappa shape index (κ2) is 7.57. The summed E-state index contributed by atoms with van der Waals surface area (Å²) < 4.78 is 1.77. The molecule has 142 valence electrons. The van der Waals surface area contributed by atoms with Crippen molar-refractivity contribution in [3.8, 4) is 6.07 Å². The van der Waals surface area contributed by atoms with Gasteiger partial charge in [0.25, 0.3) is 0 Å². The van der Waals surface area contributed by atoms with Crippen LogP contribution in [0.5, 0.6) is 0 Å². The molecule has 0 saturated carbocycles. The van der Waals surface area contributed by atoms with Gasteiger partial charge in [0, 0.05) is 31.2 Å². The molecule has 1 heterocycles. The Morgan fingerprint density at radius 3 is 2.50 bits per heavy atom. The Balaban J connectivity index is 2.24. The Morgan fingerprint density at radius 2 is 1.93 bits per heavy atom. The highest BCUT2D eigenvalue weighted by atomic mass is 16.4. The van der Waals surface area contributed by atoms with Crippen LogP contribution in [-0.4, -0.2) is 22.7 Å². The monoisotopic (exact) mass is 375 g/mol. The van der Waals surface area contributed by atoms with Crippen LogP contribution >= 0.6 is 0 Å². The third-order valence-corrected chi connectivity index (χ3v) is 4.73. The van der Waals surface area contributed by atoms with E-state index in [1.54, 1.807) is 10.6 Å². The summed E-state index contributed by atoms with van der Waals surface area (Å²) in [6.45, 7) is 4.43. The fourth-order valence-electron chi connectivity index (χ4n) is 3.31. The van der Waals surface area contributed by atoms with Gasteiger partial charge in [-0.15, -0.1) is 0 Å². The van der Waals surface area contributed by atoms with Gasteiger partial charge in [0.15, 0.2) is 0 Å². The van der Waals surface area contributed by atoms with Crippen molar-refractivity contribution in [2.75, 3.05) is 11.9 Å². The predicted octanol–water partition coefficient (Wildman–Crippen LogP) is 3.79. The molecule has 6 heteroatoms. The highest BCUT2D eigenvalue weighted by Crippen LogP contribution is 2.28. The summed E-state index contributed by atoms with van der Waals surface area (Å²) in [5.41, 5.74) is 1.86. The summed E-state index contributed by atoms with van der Waals surface area (Å²) in [6.07, 6.45) is 1.38. The quantitative estimate of drug-likeness (QED) is 0.733. The Morgan fingerprint density at radius 1 is 1.25 bits per heavy atom. The zero-order valence-corrected chi connectivity index (χ0v) is 16.0. The number of fused-ring (bicyclic) bond motifs is 1. The molecular weight excluding hydrogens is 354 g/mol. The van der Waals surface area contributed by atoms with Gasteiger partial charge >= 0.3 is 5.97 Å². The molecule has 0 radical (unpaired) electrons. The molecule has 0 aliphatic carbocycles. The topological polar surface area (TPSA) is 86.3 Å². The normalized spacial score (nSPS) is 10.8. The molecule has 0 fully saturated rings. The lowest BCUT2D eigenvalue weighted by molar-refractivity contribution is 0.0694. The number of hydrogen-bond acceptors (Lipinski definition) is 4. The number of rotatable bonds is 5. The van der Waals surface area contributed by atoms with Crippen LogP contribution in [0.15, 0.2) is 53.5 Å². The van der Waals surface area contributed by atoms with E-state index in [9.17, 15) is 20.0 Å². The molecule has 0 amide bonds. The van der Waals surface area contributed by atoms with Crippen molar-refractivity contribution in [3.05, 3.63) is 75.6 Å². The van der Waals surface area contributed by atoms with Crippen molar-refractivity contribution in [1.29, 1.82) is 5.26 Å². The van der Waals surface area contributed by atoms with Gasteiger partial charge in [-0.25, -0.2) is 4.79 Å². The SMILES string of the molecule is CC(C)n1cc(C(=O)O)c(=O)c2cc(C#N)c(N(C)Cc3ccccc3)cc21. The predicted molar refractivity (Wildman–Crippen MR) is 109 cm³/mol. The molecule has 28 heavy (non-hydrogen) atoms. The second-order valence-corrected chi connectivity index (χ2v) is 7.02. The number of nitriles is 1. The van der Waals surface area contributed by atoms with Crippen LogP contribution in [0.25, 0.3) is 10.9 Å². The fourth-order valence-corrected chi connectivity index (χ4v) is 3.31. The second-order valence-electron chi connectivity index (χ2n) is 7.02. The molecule has 0 bridgehead atoms. The molecule has 1 N–H and O–H groups in total. The first kappa shape index (κ1) is 19.2. The smallest absolute Gasteiger partial charge is 0.341 e. The van der Waals surface area contributed by atoms with E-state index in [0.717, 1.165) is 5.56 Å². The number of pyridine rings is 1. The van der Waals surface area contributed by atoms with E-state index >= 15 is 0 Å². The zero-order valence-electron chi connectivity index (χ0n) is 16.0. The Kier molecular flexibility index (Phi) is 5.18. The van der Waals surface area contributed by atoms with Gasteiger partial charge in [0.2, 0.25) is 5.43 Å². The molecule has 0 saturated heterocycles. The number of carbonyl (C=O) groups is 1. The number of nitrogens with zero attached hydrogens (tertiary/aromatic N) is 3. The third-order valence-electron chi connectivity index (χ3n) is 4.73. The molecule has 3 aromatic rings. The van der Waals surface area contributed by atoms with Crippen LogP contribution < -0.4 is 10.3 Å². The molecule has 0 unspecified atom stereocenters. The minimum atomic E-state index is -1.27. The van der Waals surface area contributed by atoms with Gasteiger partial charge in [-0.3, -0.25) is 4.79 Å². The number of benzene rings is 2. The van der Waals surface area contributed by atoms with E-state index in [2.05, 4.69) is 6.07 Å². The Bertz CT molecular complexity index is 1140.